The van der Waals surface area contributed by atoms with Crippen LogP contribution >= 0.6 is 0 Å². The molecule has 0 nitrogen and oxygen atoms in total. The van der Waals surface area contributed by atoms with Crippen LogP contribution in [0.1, 0.15) is 24.0 Å². The van der Waals surface area contributed by atoms with Gasteiger partial charge in [0, 0.05) is 5.92 Å². The van der Waals surface area contributed by atoms with Crippen LogP contribution in [0.15, 0.2) is 49.1 Å². The SMILES string of the molecule is C=Cc1cccc([B]C)c1C1C=CC=CC1C. The van der Waals surface area contributed by atoms with Crippen LogP contribution in [0, 0.1) is 5.92 Å². The Kier molecular flexibility index (Phi) is 3.68. The molecule has 85 valence electrons. The summed E-state index contributed by atoms with van der Waals surface area (Å²) in [4.78, 5) is 0. The number of hydrogen-bond donors (Lipinski definition) is 0. The van der Waals surface area contributed by atoms with E-state index in [1.165, 1.54) is 16.6 Å². The Labute approximate surface area is 105 Å². The zero-order valence-corrected chi connectivity index (χ0v) is 10.6. The van der Waals surface area contributed by atoms with Gasteiger partial charge >= 0.3 is 0 Å². The molecule has 1 aromatic rings. The van der Waals surface area contributed by atoms with Crippen molar-refractivity contribution in [1.29, 1.82) is 0 Å². The van der Waals surface area contributed by atoms with Crippen molar-refractivity contribution < 1.29 is 0 Å². The fraction of sp³-hybridized carbons (Fsp3) is 0.250. The molecule has 0 spiro atoms. The van der Waals surface area contributed by atoms with Crippen molar-refractivity contribution in [2.45, 2.75) is 19.7 Å². The molecule has 2 unspecified atom stereocenters. The second kappa shape index (κ2) is 5.22. The van der Waals surface area contributed by atoms with E-state index in [0.717, 1.165) is 0 Å². The van der Waals surface area contributed by atoms with Crippen molar-refractivity contribution in [3.8, 4) is 0 Å². The molecule has 0 bridgehead atoms. The lowest BCUT2D eigenvalue weighted by Gasteiger charge is -2.25. The summed E-state index contributed by atoms with van der Waals surface area (Å²) in [6.07, 6.45) is 10.8. The maximum absolute atomic E-state index is 3.93. The summed E-state index contributed by atoms with van der Waals surface area (Å²) in [7, 11) is 2.18. The Balaban J connectivity index is 2.52. The minimum Gasteiger partial charge on any atom is -0.0985 e. The summed E-state index contributed by atoms with van der Waals surface area (Å²) in [6.45, 7) is 8.29. The van der Waals surface area contributed by atoms with Crippen molar-refractivity contribution in [3.05, 3.63) is 60.2 Å². The first kappa shape index (κ1) is 12.0. The van der Waals surface area contributed by atoms with Gasteiger partial charge in [-0.15, -0.1) is 0 Å². The Bertz CT molecular complexity index is 468. The van der Waals surface area contributed by atoms with Crippen molar-refractivity contribution in [3.63, 3.8) is 0 Å². The Morgan fingerprint density at radius 3 is 2.65 bits per heavy atom. The summed E-state index contributed by atoms with van der Waals surface area (Å²) >= 11 is 0. The van der Waals surface area contributed by atoms with Crippen LogP contribution < -0.4 is 5.46 Å². The Morgan fingerprint density at radius 2 is 2.00 bits per heavy atom. The average molecular weight is 221 g/mol. The van der Waals surface area contributed by atoms with Crippen LogP contribution in [0.4, 0.5) is 0 Å². The summed E-state index contributed by atoms with van der Waals surface area (Å²) in [6, 6.07) is 6.43. The number of benzene rings is 1. The third-order valence-electron chi connectivity index (χ3n) is 3.45. The molecule has 0 saturated heterocycles. The highest BCUT2D eigenvalue weighted by Crippen LogP contribution is 2.31. The molecule has 0 amide bonds. The molecule has 0 fully saturated rings. The van der Waals surface area contributed by atoms with Gasteiger partial charge in [-0.2, -0.15) is 0 Å². The molecule has 2 atom stereocenters. The van der Waals surface area contributed by atoms with Crippen molar-refractivity contribution >= 4 is 18.8 Å². The second-order valence-corrected chi connectivity index (χ2v) is 4.50. The maximum atomic E-state index is 3.93. The van der Waals surface area contributed by atoms with Gasteiger partial charge in [0.15, 0.2) is 0 Å². The third-order valence-corrected chi connectivity index (χ3v) is 3.45. The van der Waals surface area contributed by atoms with Crippen molar-refractivity contribution in [2.75, 3.05) is 0 Å². The van der Waals surface area contributed by atoms with Gasteiger partial charge in [0.1, 0.15) is 7.28 Å². The fourth-order valence-corrected chi connectivity index (χ4v) is 2.49. The van der Waals surface area contributed by atoms with E-state index in [9.17, 15) is 0 Å². The zero-order valence-electron chi connectivity index (χ0n) is 10.6. The Morgan fingerprint density at radius 1 is 1.24 bits per heavy atom. The predicted octanol–water partition coefficient (Wildman–Crippen LogP) is 3.55. The van der Waals surface area contributed by atoms with Gasteiger partial charge in [-0.25, -0.2) is 0 Å². The summed E-state index contributed by atoms with van der Waals surface area (Å²) in [5.41, 5.74) is 3.97. The van der Waals surface area contributed by atoms with Gasteiger partial charge in [0.25, 0.3) is 0 Å². The molecule has 1 aromatic carbocycles. The minimum absolute atomic E-state index is 0.459. The monoisotopic (exact) mass is 221 g/mol. The number of hydrogen-bond acceptors (Lipinski definition) is 0. The molecule has 0 aliphatic heterocycles. The van der Waals surface area contributed by atoms with E-state index in [4.69, 9.17) is 0 Å². The first-order chi connectivity index (χ1) is 8.27. The van der Waals surface area contributed by atoms with Gasteiger partial charge in [0.2, 0.25) is 0 Å². The highest BCUT2D eigenvalue weighted by Gasteiger charge is 2.20. The van der Waals surface area contributed by atoms with Crippen LogP contribution in [0.5, 0.6) is 0 Å². The fourth-order valence-electron chi connectivity index (χ4n) is 2.49. The standard InChI is InChI=1S/C16H18B/c1-4-13-9-7-11-15(17-3)16(13)14-10-6-5-8-12(14)2/h4-12,14H,1H2,2-3H3. The molecule has 2 rings (SSSR count). The van der Waals surface area contributed by atoms with Gasteiger partial charge < -0.3 is 0 Å². The van der Waals surface area contributed by atoms with Gasteiger partial charge in [-0.1, -0.05) is 74.4 Å². The van der Waals surface area contributed by atoms with E-state index in [1.54, 1.807) is 0 Å². The van der Waals surface area contributed by atoms with E-state index in [2.05, 4.69) is 70.1 Å². The summed E-state index contributed by atoms with van der Waals surface area (Å²) in [5, 5.41) is 0. The molecule has 0 heterocycles. The molecule has 0 N–H and O–H groups in total. The van der Waals surface area contributed by atoms with Crippen LogP contribution in [0.3, 0.4) is 0 Å². The number of allylic oxidation sites excluding steroid dienone is 4. The molecular formula is C16H18B. The maximum Gasteiger partial charge on any atom is 0.148 e. The first-order valence-corrected chi connectivity index (χ1v) is 6.17. The van der Waals surface area contributed by atoms with Gasteiger partial charge in [0.05, 0.1) is 0 Å². The highest BCUT2D eigenvalue weighted by atomic mass is 14.2. The van der Waals surface area contributed by atoms with E-state index in [-0.39, 0.29) is 0 Å². The molecular weight excluding hydrogens is 203 g/mol. The third kappa shape index (κ3) is 2.29. The lowest BCUT2D eigenvalue weighted by Crippen LogP contribution is -2.23. The molecule has 1 heteroatoms. The normalized spacial score (nSPS) is 22.5. The number of rotatable bonds is 3. The van der Waals surface area contributed by atoms with Crippen LogP contribution in [0.2, 0.25) is 6.82 Å². The first-order valence-electron chi connectivity index (χ1n) is 6.17. The lowest BCUT2D eigenvalue weighted by molar-refractivity contribution is 0.637. The molecule has 17 heavy (non-hydrogen) atoms. The predicted molar refractivity (Wildman–Crippen MR) is 78.0 cm³/mol. The molecule has 0 aromatic heterocycles. The van der Waals surface area contributed by atoms with Crippen molar-refractivity contribution in [2.24, 2.45) is 5.92 Å². The van der Waals surface area contributed by atoms with Crippen LogP contribution in [-0.4, -0.2) is 7.28 Å². The molecule has 0 saturated carbocycles. The summed E-state index contributed by atoms with van der Waals surface area (Å²) < 4.78 is 0. The van der Waals surface area contributed by atoms with Gasteiger partial charge in [-0.05, 0) is 17.0 Å². The van der Waals surface area contributed by atoms with Crippen molar-refractivity contribution in [1.82, 2.24) is 0 Å². The average Bonchev–Trinajstić information content (AvgIpc) is 2.38. The quantitative estimate of drug-likeness (QED) is 0.684. The van der Waals surface area contributed by atoms with E-state index in [0.29, 0.717) is 11.8 Å². The van der Waals surface area contributed by atoms with Crippen LogP contribution in [0.25, 0.3) is 6.08 Å². The van der Waals surface area contributed by atoms with E-state index >= 15 is 0 Å². The van der Waals surface area contributed by atoms with Crippen LogP contribution in [-0.2, 0) is 0 Å². The summed E-state index contributed by atoms with van der Waals surface area (Å²) in [5.74, 6) is 1.00. The Hall–Kier alpha value is -1.50. The highest BCUT2D eigenvalue weighted by molar-refractivity contribution is 6.52. The minimum atomic E-state index is 0.459. The smallest absolute Gasteiger partial charge is 0.0985 e. The largest absolute Gasteiger partial charge is 0.148 e. The van der Waals surface area contributed by atoms with E-state index < -0.39 is 0 Å². The lowest BCUT2D eigenvalue weighted by atomic mass is 9.66. The second-order valence-electron chi connectivity index (χ2n) is 4.50. The molecule has 1 aliphatic rings. The van der Waals surface area contributed by atoms with Gasteiger partial charge in [-0.3, -0.25) is 0 Å². The zero-order chi connectivity index (χ0) is 12.3. The molecule has 1 radical (unpaired) electrons. The van der Waals surface area contributed by atoms with E-state index in [1.807, 2.05) is 6.08 Å². The molecule has 1 aliphatic carbocycles. The topological polar surface area (TPSA) is 0 Å².